The SMILES string of the molecule is COc1cc(C(=O)O)ccc1S(=O)(=O)NCc1cccs1. The molecule has 0 saturated carbocycles. The second kappa shape index (κ2) is 6.25. The molecular formula is C13H13NO5S2. The molecule has 0 spiro atoms. The van der Waals surface area contributed by atoms with Gasteiger partial charge in [-0.3, -0.25) is 0 Å². The second-order valence-electron chi connectivity index (χ2n) is 4.07. The van der Waals surface area contributed by atoms with E-state index in [1.54, 1.807) is 0 Å². The largest absolute Gasteiger partial charge is 0.495 e. The minimum Gasteiger partial charge on any atom is -0.495 e. The number of carboxylic acid groups (broad SMARTS) is 1. The van der Waals surface area contributed by atoms with Crippen molar-refractivity contribution >= 4 is 27.3 Å². The van der Waals surface area contributed by atoms with Crippen molar-refractivity contribution < 1.29 is 23.1 Å². The molecule has 0 bridgehead atoms. The lowest BCUT2D eigenvalue weighted by molar-refractivity contribution is 0.0696. The molecule has 112 valence electrons. The molecule has 0 saturated heterocycles. The molecule has 0 amide bonds. The van der Waals surface area contributed by atoms with E-state index in [1.807, 2.05) is 17.5 Å². The quantitative estimate of drug-likeness (QED) is 0.846. The predicted molar refractivity (Wildman–Crippen MR) is 78.3 cm³/mol. The van der Waals surface area contributed by atoms with Gasteiger partial charge in [-0.25, -0.2) is 17.9 Å². The summed E-state index contributed by atoms with van der Waals surface area (Å²) in [6.45, 7) is 0.170. The van der Waals surface area contributed by atoms with Crippen LogP contribution in [0.1, 0.15) is 15.2 Å². The van der Waals surface area contributed by atoms with Gasteiger partial charge in [-0.05, 0) is 29.6 Å². The van der Waals surface area contributed by atoms with E-state index in [9.17, 15) is 13.2 Å². The Kier molecular flexibility index (Phi) is 4.61. The number of thiophene rings is 1. The maximum Gasteiger partial charge on any atom is 0.335 e. The summed E-state index contributed by atoms with van der Waals surface area (Å²) in [5.74, 6) is -1.16. The Morgan fingerprint density at radius 3 is 2.71 bits per heavy atom. The number of hydrogen-bond acceptors (Lipinski definition) is 5. The molecule has 0 aliphatic rings. The lowest BCUT2D eigenvalue weighted by atomic mass is 10.2. The number of nitrogens with one attached hydrogen (secondary N) is 1. The van der Waals surface area contributed by atoms with E-state index in [0.29, 0.717) is 0 Å². The minimum absolute atomic E-state index is 0.00594. The van der Waals surface area contributed by atoms with E-state index < -0.39 is 16.0 Å². The van der Waals surface area contributed by atoms with Crippen LogP contribution in [0.4, 0.5) is 0 Å². The number of hydrogen-bond donors (Lipinski definition) is 2. The van der Waals surface area contributed by atoms with Gasteiger partial charge in [-0.2, -0.15) is 0 Å². The summed E-state index contributed by atoms with van der Waals surface area (Å²) >= 11 is 1.44. The van der Waals surface area contributed by atoms with Crippen molar-refractivity contribution in [3.05, 3.63) is 46.2 Å². The number of carbonyl (C=O) groups is 1. The Bertz CT molecular complexity index is 738. The molecular weight excluding hydrogens is 314 g/mol. The first-order valence-electron chi connectivity index (χ1n) is 5.87. The van der Waals surface area contributed by atoms with Crippen molar-refractivity contribution in [1.82, 2.24) is 4.72 Å². The molecule has 0 unspecified atom stereocenters. The van der Waals surface area contributed by atoms with Crippen LogP contribution in [0.15, 0.2) is 40.6 Å². The minimum atomic E-state index is -3.78. The van der Waals surface area contributed by atoms with Crippen LogP contribution in [0, 0.1) is 0 Å². The van der Waals surface area contributed by atoms with Gasteiger partial charge in [0.05, 0.1) is 12.7 Å². The van der Waals surface area contributed by atoms with Crippen LogP contribution in [0.5, 0.6) is 5.75 Å². The van der Waals surface area contributed by atoms with Crippen LogP contribution in [-0.4, -0.2) is 26.6 Å². The van der Waals surface area contributed by atoms with E-state index in [-0.39, 0.29) is 22.8 Å². The van der Waals surface area contributed by atoms with Gasteiger partial charge >= 0.3 is 5.97 Å². The maximum atomic E-state index is 12.3. The summed E-state index contributed by atoms with van der Waals surface area (Å²) in [4.78, 5) is 11.7. The van der Waals surface area contributed by atoms with Gasteiger partial charge in [0.2, 0.25) is 10.0 Å². The van der Waals surface area contributed by atoms with E-state index in [4.69, 9.17) is 9.84 Å². The Labute approximate surface area is 126 Å². The van der Waals surface area contributed by atoms with Crippen LogP contribution in [0.25, 0.3) is 0 Å². The third-order valence-corrected chi connectivity index (χ3v) is 5.03. The fourth-order valence-electron chi connectivity index (χ4n) is 1.68. The number of ether oxygens (including phenoxy) is 1. The number of carboxylic acids is 1. The van der Waals surface area contributed by atoms with Crippen LogP contribution in [0.2, 0.25) is 0 Å². The lowest BCUT2D eigenvalue weighted by Crippen LogP contribution is -2.23. The summed E-state index contributed by atoms with van der Waals surface area (Å²) in [6.07, 6.45) is 0. The van der Waals surface area contributed by atoms with Crippen LogP contribution >= 0.6 is 11.3 Å². The number of sulfonamides is 1. The smallest absolute Gasteiger partial charge is 0.335 e. The fraction of sp³-hybridized carbons (Fsp3) is 0.154. The highest BCUT2D eigenvalue weighted by Crippen LogP contribution is 2.25. The third-order valence-electron chi connectivity index (χ3n) is 2.72. The first kappa shape index (κ1) is 15.5. The Morgan fingerprint density at radius 1 is 1.38 bits per heavy atom. The highest BCUT2D eigenvalue weighted by Gasteiger charge is 2.20. The molecule has 0 fully saturated rings. The molecule has 2 aromatic rings. The highest BCUT2D eigenvalue weighted by atomic mass is 32.2. The summed E-state index contributed by atoms with van der Waals surface area (Å²) in [5.41, 5.74) is -0.0379. The second-order valence-corrected chi connectivity index (χ2v) is 6.84. The van der Waals surface area contributed by atoms with Gasteiger partial charge in [0.15, 0.2) is 0 Å². The Hall–Kier alpha value is -1.90. The van der Waals surface area contributed by atoms with E-state index >= 15 is 0 Å². The van der Waals surface area contributed by atoms with Crippen LogP contribution < -0.4 is 9.46 Å². The standard InChI is InChI=1S/C13H13NO5S2/c1-19-11-7-9(13(15)16)4-5-12(11)21(17,18)14-8-10-3-2-6-20-10/h2-7,14H,8H2,1H3,(H,15,16). The molecule has 2 rings (SSSR count). The van der Waals surface area contributed by atoms with Gasteiger partial charge in [0.25, 0.3) is 0 Å². The van der Waals surface area contributed by atoms with Gasteiger partial charge in [0.1, 0.15) is 10.6 Å². The monoisotopic (exact) mass is 327 g/mol. The van der Waals surface area contributed by atoms with E-state index in [1.165, 1.54) is 36.6 Å². The van der Waals surface area contributed by atoms with Crippen molar-refractivity contribution in [2.75, 3.05) is 7.11 Å². The Balaban J connectivity index is 2.28. The van der Waals surface area contributed by atoms with Crippen LogP contribution in [-0.2, 0) is 16.6 Å². The topological polar surface area (TPSA) is 92.7 Å². The van der Waals surface area contributed by atoms with Crippen molar-refractivity contribution in [2.24, 2.45) is 0 Å². The van der Waals surface area contributed by atoms with Gasteiger partial charge < -0.3 is 9.84 Å². The molecule has 0 aliphatic heterocycles. The zero-order valence-electron chi connectivity index (χ0n) is 11.1. The maximum absolute atomic E-state index is 12.3. The fourth-order valence-corrected chi connectivity index (χ4v) is 3.57. The molecule has 2 N–H and O–H groups in total. The third kappa shape index (κ3) is 3.60. The number of benzene rings is 1. The number of aromatic carboxylic acids is 1. The van der Waals surface area contributed by atoms with Crippen LogP contribution in [0.3, 0.4) is 0 Å². The molecule has 21 heavy (non-hydrogen) atoms. The first-order valence-corrected chi connectivity index (χ1v) is 8.23. The average molecular weight is 327 g/mol. The molecule has 0 aliphatic carbocycles. The molecule has 8 heteroatoms. The van der Waals surface area contributed by atoms with E-state index in [0.717, 1.165) is 4.88 Å². The molecule has 1 aromatic heterocycles. The van der Waals surface area contributed by atoms with Gasteiger partial charge in [-0.15, -0.1) is 11.3 Å². The zero-order chi connectivity index (χ0) is 15.5. The lowest BCUT2D eigenvalue weighted by Gasteiger charge is -2.11. The number of rotatable bonds is 6. The van der Waals surface area contributed by atoms with Crippen molar-refractivity contribution in [3.63, 3.8) is 0 Å². The Morgan fingerprint density at radius 2 is 2.14 bits per heavy atom. The molecule has 0 atom stereocenters. The molecule has 1 heterocycles. The summed E-state index contributed by atoms with van der Waals surface area (Å²) in [6, 6.07) is 7.28. The number of methoxy groups -OCH3 is 1. The van der Waals surface area contributed by atoms with E-state index in [2.05, 4.69) is 4.72 Å². The summed E-state index contributed by atoms with van der Waals surface area (Å²) in [5, 5.41) is 10.8. The van der Waals surface area contributed by atoms with Crippen molar-refractivity contribution in [3.8, 4) is 5.75 Å². The van der Waals surface area contributed by atoms with Crippen molar-refractivity contribution in [2.45, 2.75) is 11.4 Å². The first-order chi connectivity index (χ1) is 9.94. The molecule has 6 nitrogen and oxygen atoms in total. The van der Waals surface area contributed by atoms with Gasteiger partial charge in [-0.1, -0.05) is 6.07 Å². The normalized spacial score (nSPS) is 11.3. The molecule has 1 aromatic carbocycles. The van der Waals surface area contributed by atoms with Gasteiger partial charge in [0, 0.05) is 11.4 Å². The molecule has 0 radical (unpaired) electrons. The highest BCUT2D eigenvalue weighted by molar-refractivity contribution is 7.89. The summed E-state index contributed by atoms with van der Waals surface area (Å²) in [7, 11) is -2.49. The predicted octanol–water partition coefficient (Wildman–Crippen LogP) is 1.93. The zero-order valence-corrected chi connectivity index (χ0v) is 12.7. The summed E-state index contributed by atoms with van der Waals surface area (Å²) < 4.78 is 31.9. The average Bonchev–Trinajstić information content (AvgIpc) is 2.97. The van der Waals surface area contributed by atoms with Crippen molar-refractivity contribution in [1.29, 1.82) is 0 Å².